The van der Waals surface area contributed by atoms with Gasteiger partial charge in [0.1, 0.15) is 10.3 Å². The van der Waals surface area contributed by atoms with Gasteiger partial charge in [-0.3, -0.25) is 0 Å². The molecule has 0 saturated carbocycles. The van der Waals surface area contributed by atoms with Crippen molar-refractivity contribution in [2.75, 3.05) is 0 Å². The Morgan fingerprint density at radius 2 is 1.80 bits per heavy atom. The molecular formula is C8H2BrCl2IN2O. The van der Waals surface area contributed by atoms with E-state index in [1.165, 1.54) is 0 Å². The van der Waals surface area contributed by atoms with E-state index in [4.69, 9.17) is 27.6 Å². The second kappa shape index (κ2) is 4.57. The fraction of sp³-hybridized carbons (Fsp3) is 0. The van der Waals surface area contributed by atoms with Crippen molar-refractivity contribution >= 4 is 61.7 Å². The Balaban J connectivity index is 2.55. The lowest BCUT2D eigenvalue weighted by Crippen LogP contribution is -1.92. The first-order valence-electron chi connectivity index (χ1n) is 3.72. The van der Waals surface area contributed by atoms with E-state index in [0.717, 1.165) is 0 Å². The summed E-state index contributed by atoms with van der Waals surface area (Å²) in [5.74, 6) is 0.887. The van der Waals surface area contributed by atoms with Crippen LogP contribution >= 0.6 is 61.7 Å². The molecule has 15 heavy (non-hydrogen) atoms. The molecule has 0 aliphatic heterocycles. The lowest BCUT2D eigenvalue weighted by Gasteiger charge is -2.00. The number of furan rings is 1. The van der Waals surface area contributed by atoms with Crippen molar-refractivity contribution in [3.8, 4) is 11.6 Å². The standard InChI is InChI=1S/C8H2BrCl2IN2O/c9-4-2-1-3(15-4)8-13-6(10)5(12)7(11)14-8/h1-2H. The number of rotatable bonds is 1. The van der Waals surface area contributed by atoms with Gasteiger partial charge >= 0.3 is 0 Å². The molecule has 0 amide bonds. The van der Waals surface area contributed by atoms with Crippen LogP contribution in [0.1, 0.15) is 0 Å². The highest BCUT2D eigenvalue weighted by molar-refractivity contribution is 14.1. The Bertz CT molecular complexity index is 494. The van der Waals surface area contributed by atoms with E-state index in [1.807, 2.05) is 22.6 Å². The highest BCUT2D eigenvalue weighted by Gasteiger charge is 2.12. The summed E-state index contributed by atoms with van der Waals surface area (Å²) in [6.07, 6.45) is 0. The van der Waals surface area contributed by atoms with Crippen molar-refractivity contribution in [3.63, 3.8) is 0 Å². The van der Waals surface area contributed by atoms with Gasteiger partial charge in [-0.05, 0) is 50.7 Å². The Morgan fingerprint density at radius 3 is 2.27 bits per heavy atom. The van der Waals surface area contributed by atoms with Crippen LogP contribution in [0.25, 0.3) is 11.6 Å². The molecule has 0 spiro atoms. The van der Waals surface area contributed by atoms with Crippen molar-refractivity contribution in [2.45, 2.75) is 0 Å². The number of hydrogen-bond acceptors (Lipinski definition) is 3. The van der Waals surface area contributed by atoms with E-state index in [2.05, 4.69) is 25.9 Å². The largest absolute Gasteiger partial charge is 0.446 e. The quantitative estimate of drug-likeness (QED) is 0.507. The molecular weight excluding hydrogens is 418 g/mol. The minimum atomic E-state index is 0.318. The van der Waals surface area contributed by atoms with Crippen LogP contribution in [0.2, 0.25) is 10.3 Å². The molecule has 7 heteroatoms. The van der Waals surface area contributed by atoms with Crippen molar-refractivity contribution in [2.24, 2.45) is 0 Å². The minimum absolute atomic E-state index is 0.318. The SMILES string of the molecule is Clc1nc(-c2ccc(Br)o2)nc(Cl)c1I. The van der Waals surface area contributed by atoms with Crippen LogP contribution < -0.4 is 0 Å². The summed E-state index contributed by atoms with van der Waals surface area (Å²) in [4.78, 5) is 8.13. The second-order valence-electron chi connectivity index (χ2n) is 2.55. The number of hydrogen-bond donors (Lipinski definition) is 0. The third-order valence-corrected chi connectivity index (χ3v) is 4.20. The molecule has 2 aromatic rings. The number of nitrogens with zero attached hydrogens (tertiary/aromatic N) is 2. The maximum atomic E-state index is 5.88. The average Bonchev–Trinajstić information content (AvgIpc) is 2.60. The van der Waals surface area contributed by atoms with Gasteiger partial charge in [-0.1, -0.05) is 23.2 Å². The third kappa shape index (κ3) is 2.46. The summed E-state index contributed by atoms with van der Waals surface area (Å²) in [5.41, 5.74) is 0. The van der Waals surface area contributed by atoms with E-state index in [-0.39, 0.29) is 0 Å². The predicted octanol–water partition coefficient (Wildman–Crippen LogP) is 4.41. The molecule has 0 saturated heterocycles. The molecule has 0 aromatic carbocycles. The summed E-state index contributed by atoms with van der Waals surface area (Å²) in [5, 5.41) is 0.635. The molecule has 0 fully saturated rings. The average molecular weight is 420 g/mol. The molecule has 0 aliphatic rings. The molecule has 0 N–H and O–H groups in total. The van der Waals surface area contributed by atoms with Gasteiger partial charge in [0.2, 0.25) is 0 Å². The summed E-state index contributed by atoms with van der Waals surface area (Å²) < 4.78 is 6.52. The van der Waals surface area contributed by atoms with Gasteiger partial charge in [-0.15, -0.1) is 0 Å². The van der Waals surface area contributed by atoms with E-state index >= 15 is 0 Å². The van der Waals surface area contributed by atoms with Crippen molar-refractivity contribution in [3.05, 3.63) is 30.7 Å². The highest BCUT2D eigenvalue weighted by Crippen LogP contribution is 2.28. The van der Waals surface area contributed by atoms with E-state index < -0.39 is 0 Å². The number of aromatic nitrogens is 2. The number of halogens is 4. The molecule has 2 rings (SSSR count). The van der Waals surface area contributed by atoms with Gasteiger partial charge in [0.25, 0.3) is 0 Å². The first-order valence-corrected chi connectivity index (χ1v) is 6.35. The fourth-order valence-electron chi connectivity index (χ4n) is 0.939. The van der Waals surface area contributed by atoms with Gasteiger partial charge in [0.05, 0.1) is 3.57 Å². The normalized spacial score (nSPS) is 10.7. The molecule has 0 radical (unpaired) electrons. The van der Waals surface area contributed by atoms with Crippen molar-refractivity contribution in [1.82, 2.24) is 9.97 Å². The Morgan fingerprint density at radius 1 is 1.20 bits per heavy atom. The second-order valence-corrected chi connectivity index (χ2v) is 5.12. The van der Waals surface area contributed by atoms with E-state index in [0.29, 0.717) is 30.1 Å². The van der Waals surface area contributed by atoms with Crippen LogP contribution in [0.15, 0.2) is 21.2 Å². The van der Waals surface area contributed by atoms with Crippen LogP contribution in [0.3, 0.4) is 0 Å². The Hall–Kier alpha value is 0.150. The van der Waals surface area contributed by atoms with Crippen LogP contribution in [0, 0.1) is 3.57 Å². The Labute approximate surface area is 117 Å². The molecule has 2 aromatic heterocycles. The summed E-state index contributed by atoms with van der Waals surface area (Å²) in [6.45, 7) is 0. The maximum Gasteiger partial charge on any atom is 0.198 e. The molecule has 78 valence electrons. The van der Waals surface area contributed by atoms with Crippen LogP contribution in [0.4, 0.5) is 0 Å². The van der Waals surface area contributed by atoms with E-state index in [1.54, 1.807) is 12.1 Å². The Kier molecular flexibility index (Phi) is 3.54. The molecule has 3 nitrogen and oxygen atoms in total. The van der Waals surface area contributed by atoms with Crippen LogP contribution in [0.5, 0.6) is 0 Å². The minimum Gasteiger partial charge on any atom is -0.446 e. The zero-order valence-electron chi connectivity index (χ0n) is 6.97. The molecule has 0 bridgehead atoms. The maximum absolute atomic E-state index is 5.88. The van der Waals surface area contributed by atoms with Gasteiger partial charge < -0.3 is 4.42 Å². The predicted molar refractivity (Wildman–Crippen MR) is 70.2 cm³/mol. The van der Waals surface area contributed by atoms with Gasteiger partial charge in [0.15, 0.2) is 16.3 Å². The fourth-order valence-corrected chi connectivity index (χ4v) is 1.87. The topological polar surface area (TPSA) is 38.9 Å². The monoisotopic (exact) mass is 418 g/mol. The van der Waals surface area contributed by atoms with Crippen LogP contribution in [-0.4, -0.2) is 9.97 Å². The summed E-state index contributed by atoms with van der Waals surface area (Å²) in [7, 11) is 0. The summed E-state index contributed by atoms with van der Waals surface area (Å²) in [6, 6.07) is 3.48. The van der Waals surface area contributed by atoms with Gasteiger partial charge in [-0.25, -0.2) is 9.97 Å². The zero-order valence-corrected chi connectivity index (χ0v) is 12.2. The molecule has 0 atom stereocenters. The zero-order chi connectivity index (χ0) is 11.0. The van der Waals surface area contributed by atoms with Crippen molar-refractivity contribution < 1.29 is 4.42 Å². The molecule has 2 heterocycles. The smallest absolute Gasteiger partial charge is 0.198 e. The van der Waals surface area contributed by atoms with Crippen LogP contribution in [-0.2, 0) is 0 Å². The first kappa shape index (κ1) is 11.6. The highest BCUT2D eigenvalue weighted by atomic mass is 127. The lowest BCUT2D eigenvalue weighted by molar-refractivity contribution is 0.551. The molecule has 0 aliphatic carbocycles. The van der Waals surface area contributed by atoms with Gasteiger partial charge in [0, 0.05) is 0 Å². The molecule has 0 unspecified atom stereocenters. The summed E-state index contributed by atoms with van der Waals surface area (Å²) >= 11 is 16.9. The lowest BCUT2D eigenvalue weighted by atomic mass is 10.4. The van der Waals surface area contributed by atoms with Gasteiger partial charge in [-0.2, -0.15) is 0 Å². The van der Waals surface area contributed by atoms with Crippen molar-refractivity contribution in [1.29, 1.82) is 0 Å². The third-order valence-electron chi connectivity index (χ3n) is 1.56. The van der Waals surface area contributed by atoms with E-state index in [9.17, 15) is 0 Å². The first-order chi connectivity index (χ1) is 7.08.